The number of halogens is 1. The SMILES string of the molecule is COc1ccc(CN2CCN(CCC(=C=O)c3csc4ccccc34)CC2)cc1.Cl. The lowest BCUT2D eigenvalue weighted by molar-refractivity contribution is 0.129. The van der Waals surface area contributed by atoms with Crippen LogP contribution >= 0.6 is 23.7 Å². The summed E-state index contributed by atoms with van der Waals surface area (Å²) in [4.78, 5) is 16.6. The molecule has 0 spiro atoms. The normalized spacial score (nSPS) is 14.8. The standard InChI is InChI=1S/C24H26N2O2S.ClH/c1-28-21-8-6-19(7-9-21)16-26-14-12-25(13-15-26)11-10-20(17-27)23-18-29-24-5-3-2-4-22(23)24;/h2-9,18H,10-16H2,1H3;1H. The second kappa shape index (κ2) is 10.8. The van der Waals surface area contributed by atoms with E-state index >= 15 is 0 Å². The molecule has 1 aliphatic rings. The Hall–Kier alpha value is -2.14. The maximum atomic E-state index is 11.6. The van der Waals surface area contributed by atoms with Crippen molar-refractivity contribution >= 4 is 45.3 Å². The highest BCUT2D eigenvalue weighted by Gasteiger charge is 2.18. The first-order chi connectivity index (χ1) is 14.3. The Balaban J connectivity index is 0.00000256. The molecule has 4 rings (SSSR count). The van der Waals surface area contributed by atoms with Gasteiger partial charge in [-0.15, -0.1) is 23.7 Å². The van der Waals surface area contributed by atoms with Crippen LogP contribution in [0, 0.1) is 0 Å². The first kappa shape index (κ1) is 22.5. The summed E-state index contributed by atoms with van der Waals surface area (Å²) in [6.07, 6.45) is 0.753. The molecule has 2 aromatic carbocycles. The highest BCUT2D eigenvalue weighted by Crippen LogP contribution is 2.31. The van der Waals surface area contributed by atoms with Crippen LogP contribution in [0.2, 0.25) is 0 Å². The van der Waals surface area contributed by atoms with Gasteiger partial charge >= 0.3 is 0 Å². The Morgan fingerprint density at radius 2 is 1.73 bits per heavy atom. The highest BCUT2D eigenvalue weighted by atomic mass is 35.5. The first-order valence-corrected chi connectivity index (χ1v) is 10.9. The molecule has 3 aromatic rings. The molecule has 1 aliphatic heterocycles. The first-order valence-electron chi connectivity index (χ1n) is 10.0. The van der Waals surface area contributed by atoms with Gasteiger partial charge < -0.3 is 9.64 Å². The Morgan fingerprint density at radius 1 is 1.03 bits per heavy atom. The second-order valence-corrected chi connectivity index (χ2v) is 8.35. The van der Waals surface area contributed by atoms with Gasteiger partial charge in [0.1, 0.15) is 11.7 Å². The third-order valence-corrected chi connectivity index (χ3v) is 6.60. The van der Waals surface area contributed by atoms with Gasteiger partial charge in [0, 0.05) is 65.9 Å². The van der Waals surface area contributed by atoms with E-state index in [2.05, 4.69) is 45.4 Å². The van der Waals surface area contributed by atoms with Gasteiger partial charge in [0.2, 0.25) is 0 Å². The lowest BCUT2D eigenvalue weighted by atomic mass is 10.0. The molecule has 0 atom stereocenters. The number of carbonyl (C=O) groups excluding carboxylic acids is 1. The van der Waals surface area contributed by atoms with Gasteiger partial charge in [-0.25, -0.2) is 4.79 Å². The minimum atomic E-state index is 0. The third kappa shape index (κ3) is 5.31. The van der Waals surface area contributed by atoms with Gasteiger partial charge in [-0.3, -0.25) is 4.90 Å². The van der Waals surface area contributed by atoms with Crippen molar-refractivity contribution in [3.8, 4) is 5.75 Å². The Morgan fingerprint density at radius 3 is 2.43 bits per heavy atom. The van der Waals surface area contributed by atoms with E-state index in [0.717, 1.165) is 62.6 Å². The van der Waals surface area contributed by atoms with Gasteiger partial charge in [-0.05, 0) is 30.2 Å². The zero-order valence-corrected chi connectivity index (χ0v) is 18.8. The van der Waals surface area contributed by atoms with Crippen LogP contribution in [0.1, 0.15) is 17.5 Å². The number of nitrogens with zero attached hydrogens (tertiary/aromatic N) is 2. The van der Waals surface area contributed by atoms with Crippen LogP contribution in [0.5, 0.6) is 5.75 Å². The van der Waals surface area contributed by atoms with Crippen molar-refractivity contribution in [2.45, 2.75) is 13.0 Å². The zero-order valence-electron chi connectivity index (χ0n) is 17.2. The minimum Gasteiger partial charge on any atom is -0.497 e. The van der Waals surface area contributed by atoms with Crippen LogP contribution in [-0.4, -0.2) is 55.6 Å². The topological polar surface area (TPSA) is 32.8 Å². The molecule has 158 valence electrons. The van der Waals surface area contributed by atoms with Crippen LogP contribution in [0.3, 0.4) is 0 Å². The molecule has 0 saturated carbocycles. The van der Waals surface area contributed by atoms with Crippen molar-refractivity contribution in [2.24, 2.45) is 0 Å². The Labute approximate surface area is 188 Å². The zero-order chi connectivity index (χ0) is 20.1. The average molecular weight is 443 g/mol. The summed E-state index contributed by atoms with van der Waals surface area (Å²) in [5.41, 5.74) is 3.16. The average Bonchev–Trinajstić information content (AvgIpc) is 3.20. The Kier molecular flexibility index (Phi) is 8.08. The van der Waals surface area contributed by atoms with E-state index < -0.39 is 0 Å². The molecule has 6 heteroatoms. The van der Waals surface area contributed by atoms with E-state index in [9.17, 15) is 4.79 Å². The fraction of sp³-hybridized carbons (Fsp3) is 0.333. The molecule has 0 bridgehead atoms. The van der Waals surface area contributed by atoms with Crippen LogP contribution in [-0.2, 0) is 11.3 Å². The molecule has 0 unspecified atom stereocenters. The van der Waals surface area contributed by atoms with E-state index in [1.165, 1.54) is 15.6 Å². The van der Waals surface area contributed by atoms with Crippen LogP contribution in [0.25, 0.3) is 15.7 Å². The summed E-state index contributed by atoms with van der Waals surface area (Å²) >= 11 is 1.69. The Bertz CT molecular complexity index is 1000. The highest BCUT2D eigenvalue weighted by molar-refractivity contribution is 7.17. The predicted octanol–water partition coefficient (Wildman–Crippen LogP) is 4.75. The molecule has 30 heavy (non-hydrogen) atoms. The van der Waals surface area contributed by atoms with Crippen molar-refractivity contribution in [2.75, 3.05) is 39.8 Å². The summed E-state index contributed by atoms with van der Waals surface area (Å²) in [5.74, 6) is 3.11. The number of fused-ring (bicyclic) bond motifs is 1. The van der Waals surface area contributed by atoms with E-state index in [4.69, 9.17) is 4.74 Å². The van der Waals surface area contributed by atoms with Gasteiger partial charge in [0.05, 0.1) is 7.11 Å². The molecule has 0 aliphatic carbocycles. The quantitative estimate of drug-likeness (QED) is 0.494. The molecule has 1 saturated heterocycles. The van der Waals surface area contributed by atoms with Crippen molar-refractivity contribution in [3.63, 3.8) is 0 Å². The number of hydrogen-bond donors (Lipinski definition) is 0. The van der Waals surface area contributed by atoms with Crippen molar-refractivity contribution in [1.29, 1.82) is 0 Å². The largest absolute Gasteiger partial charge is 0.497 e. The lowest BCUT2D eigenvalue weighted by Gasteiger charge is -2.34. The van der Waals surface area contributed by atoms with Crippen LogP contribution < -0.4 is 4.74 Å². The molecular formula is C24H27ClN2O2S. The van der Waals surface area contributed by atoms with Gasteiger partial charge in [-0.1, -0.05) is 30.3 Å². The number of thiophene rings is 1. The van der Waals surface area contributed by atoms with Crippen molar-refractivity contribution < 1.29 is 9.53 Å². The van der Waals surface area contributed by atoms with Crippen LogP contribution in [0.4, 0.5) is 0 Å². The van der Waals surface area contributed by atoms with Gasteiger partial charge in [0.25, 0.3) is 0 Å². The lowest BCUT2D eigenvalue weighted by Crippen LogP contribution is -2.46. The van der Waals surface area contributed by atoms with Gasteiger partial charge in [-0.2, -0.15) is 0 Å². The number of rotatable bonds is 7. The third-order valence-electron chi connectivity index (χ3n) is 5.64. The second-order valence-electron chi connectivity index (χ2n) is 7.44. The summed E-state index contributed by atoms with van der Waals surface area (Å²) in [5, 5.41) is 3.26. The minimum absolute atomic E-state index is 0. The fourth-order valence-electron chi connectivity index (χ4n) is 3.88. The molecule has 4 nitrogen and oxygen atoms in total. The van der Waals surface area contributed by atoms with E-state index in [1.54, 1.807) is 18.4 Å². The molecule has 2 heterocycles. The smallest absolute Gasteiger partial charge is 0.128 e. The van der Waals surface area contributed by atoms with E-state index in [1.807, 2.05) is 24.3 Å². The molecule has 1 fully saturated rings. The number of methoxy groups -OCH3 is 1. The number of benzene rings is 2. The predicted molar refractivity (Wildman–Crippen MR) is 128 cm³/mol. The monoisotopic (exact) mass is 442 g/mol. The number of hydrogen-bond acceptors (Lipinski definition) is 5. The summed E-state index contributed by atoms with van der Waals surface area (Å²) in [6, 6.07) is 16.6. The summed E-state index contributed by atoms with van der Waals surface area (Å²) < 4.78 is 6.45. The number of piperazine rings is 1. The molecular weight excluding hydrogens is 416 g/mol. The van der Waals surface area contributed by atoms with E-state index in [0.29, 0.717) is 0 Å². The van der Waals surface area contributed by atoms with Crippen molar-refractivity contribution in [1.82, 2.24) is 9.80 Å². The van der Waals surface area contributed by atoms with Crippen molar-refractivity contribution in [3.05, 3.63) is 65.0 Å². The summed E-state index contributed by atoms with van der Waals surface area (Å²) in [6.45, 7) is 6.05. The molecule has 0 radical (unpaired) electrons. The number of ether oxygens (including phenoxy) is 1. The fourth-order valence-corrected chi connectivity index (χ4v) is 4.86. The maximum absolute atomic E-state index is 11.6. The van der Waals surface area contributed by atoms with Crippen LogP contribution in [0.15, 0.2) is 53.9 Å². The molecule has 0 N–H and O–H groups in total. The van der Waals surface area contributed by atoms with E-state index in [-0.39, 0.29) is 12.4 Å². The molecule has 0 amide bonds. The maximum Gasteiger partial charge on any atom is 0.128 e. The summed E-state index contributed by atoms with van der Waals surface area (Å²) in [7, 11) is 1.69. The van der Waals surface area contributed by atoms with Gasteiger partial charge in [0.15, 0.2) is 0 Å². The molecule has 1 aromatic heterocycles.